The molecular formula is C22H27ClN2O3. The summed E-state index contributed by atoms with van der Waals surface area (Å²) in [7, 11) is 1.74. The molecule has 0 spiro atoms. The van der Waals surface area contributed by atoms with E-state index < -0.39 is 0 Å². The van der Waals surface area contributed by atoms with Gasteiger partial charge in [-0.05, 0) is 55.0 Å². The van der Waals surface area contributed by atoms with Gasteiger partial charge in [0.25, 0.3) is 0 Å². The Hall–Kier alpha value is -1.92. The van der Waals surface area contributed by atoms with Crippen LogP contribution in [0.5, 0.6) is 0 Å². The van der Waals surface area contributed by atoms with Crippen molar-refractivity contribution in [1.29, 1.82) is 0 Å². The average molecular weight is 403 g/mol. The lowest BCUT2D eigenvalue weighted by molar-refractivity contribution is -0.000970. The van der Waals surface area contributed by atoms with E-state index in [0.29, 0.717) is 18.4 Å². The predicted octanol–water partition coefficient (Wildman–Crippen LogP) is 4.58. The molecule has 1 fully saturated rings. The first-order chi connectivity index (χ1) is 13.2. The molecule has 1 heterocycles. The predicted molar refractivity (Wildman–Crippen MR) is 112 cm³/mol. The molecule has 0 amide bonds. The zero-order valence-electron chi connectivity index (χ0n) is 16.0. The maximum absolute atomic E-state index is 6.26. The third-order valence-corrected chi connectivity index (χ3v) is 5.39. The van der Waals surface area contributed by atoms with Crippen LogP contribution in [0.25, 0.3) is 22.6 Å². The summed E-state index contributed by atoms with van der Waals surface area (Å²) in [5.41, 5.74) is 10.0. The Kier molecular flexibility index (Phi) is 7.08. The normalized spacial score (nSPS) is 21.7. The molecular weight excluding hydrogens is 376 g/mol. The van der Waals surface area contributed by atoms with E-state index in [9.17, 15) is 0 Å². The van der Waals surface area contributed by atoms with Crippen molar-refractivity contribution in [3.8, 4) is 11.5 Å². The van der Waals surface area contributed by atoms with Crippen molar-refractivity contribution in [3.05, 3.63) is 54.1 Å². The van der Waals surface area contributed by atoms with Gasteiger partial charge in [0.2, 0.25) is 5.89 Å². The number of benzene rings is 2. The molecule has 0 saturated heterocycles. The summed E-state index contributed by atoms with van der Waals surface area (Å²) in [4.78, 5) is 4.54. The topological polar surface area (TPSA) is 70.5 Å². The first-order valence-electron chi connectivity index (χ1n) is 9.55. The van der Waals surface area contributed by atoms with E-state index in [1.54, 1.807) is 7.11 Å². The lowest BCUT2D eigenvalue weighted by atomic mass is 10.0. The minimum atomic E-state index is 0. The van der Waals surface area contributed by atoms with Gasteiger partial charge in [-0.3, -0.25) is 0 Å². The van der Waals surface area contributed by atoms with Crippen LogP contribution in [0, 0.1) is 5.92 Å². The summed E-state index contributed by atoms with van der Waals surface area (Å²) in [5, 5.41) is 0. The molecule has 28 heavy (non-hydrogen) atoms. The Morgan fingerprint density at radius 3 is 2.64 bits per heavy atom. The van der Waals surface area contributed by atoms with Gasteiger partial charge in [0.15, 0.2) is 5.58 Å². The summed E-state index contributed by atoms with van der Waals surface area (Å²) >= 11 is 0. The zero-order chi connectivity index (χ0) is 18.6. The van der Waals surface area contributed by atoms with E-state index in [4.69, 9.17) is 19.6 Å². The Labute approximate surface area is 171 Å². The lowest BCUT2D eigenvalue weighted by Gasteiger charge is -2.23. The number of rotatable bonds is 7. The number of para-hydroxylation sites is 2. The number of methoxy groups -OCH3 is 1. The van der Waals surface area contributed by atoms with Crippen molar-refractivity contribution in [1.82, 2.24) is 4.98 Å². The maximum Gasteiger partial charge on any atom is 0.227 e. The number of hydrogen-bond donors (Lipinski definition) is 1. The van der Waals surface area contributed by atoms with Crippen LogP contribution in [0.1, 0.15) is 24.8 Å². The number of aromatic nitrogens is 1. The monoisotopic (exact) mass is 402 g/mol. The largest absolute Gasteiger partial charge is 0.436 e. The molecule has 0 aliphatic heterocycles. The second-order valence-electron chi connectivity index (χ2n) is 7.24. The molecule has 150 valence electrons. The third kappa shape index (κ3) is 4.55. The van der Waals surface area contributed by atoms with Crippen molar-refractivity contribution >= 4 is 23.5 Å². The number of ether oxygens (including phenoxy) is 2. The minimum absolute atomic E-state index is 0. The van der Waals surface area contributed by atoms with Gasteiger partial charge in [-0.15, -0.1) is 12.4 Å². The van der Waals surface area contributed by atoms with Crippen LogP contribution in [0.4, 0.5) is 0 Å². The van der Waals surface area contributed by atoms with Crippen LogP contribution in [0.2, 0.25) is 0 Å². The number of halogens is 1. The highest BCUT2D eigenvalue weighted by Crippen LogP contribution is 2.31. The van der Waals surface area contributed by atoms with E-state index in [1.807, 2.05) is 36.4 Å². The Morgan fingerprint density at radius 1 is 1.11 bits per heavy atom. The van der Waals surface area contributed by atoms with Crippen LogP contribution >= 0.6 is 12.4 Å². The molecule has 1 saturated carbocycles. The molecule has 2 aromatic carbocycles. The fourth-order valence-corrected chi connectivity index (χ4v) is 3.85. The van der Waals surface area contributed by atoms with Gasteiger partial charge in [0.1, 0.15) is 5.52 Å². The summed E-state index contributed by atoms with van der Waals surface area (Å²) < 4.78 is 17.2. The Morgan fingerprint density at radius 2 is 1.89 bits per heavy atom. The van der Waals surface area contributed by atoms with Crippen molar-refractivity contribution in [2.75, 3.05) is 13.7 Å². The number of nitrogens with zero attached hydrogens (tertiary/aromatic N) is 1. The Bertz CT molecular complexity index is 848. The maximum atomic E-state index is 6.26. The highest BCUT2D eigenvalue weighted by atomic mass is 35.5. The zero-order valence-corrected chi connectivity index (χ0v) is 16.9. The smallest absolute Gasteiger partial charge is 0.227 e. The number of fused-ring (bicyclic) bond motifs is 1. The first-order valence-corrected chi connectivity index (χ1v) is 9.55. The Balaban J connectivity index is 0.00000225. The van der Waals surface area contributed by atoms with Crippen molar-refractivity contribution in [3.63, 3.8) is 0 Å². The fourth-order valence-electron chi connectivity index (χ4n) is 3.85. The number of hydrogen-bond acceptors (Lipinski definition) is 5. The fraction of sp³-hybridized carbons (Fsp3) is 0.409. The standard InChI is InChI=1S/C22H26N2O3.ClH/c1-25-13-12-16-10-11-18(23)21(16)26-14-15-6-8-17(9-7-15)22-24-19-4-2-3-5-20(19)27-22;/h2-9,16,18,21H,10-14,23H2,1H3;1H/t16-,18+,21+;/m0./s1. The second-order valence-corrected chi connectivity index (χ2v) is 7.24. The summed E-state index contributed by atoms with van der Waals surface area (Å²) in [6, 6.07) is 16.1. The van der Waals surface area contributed by atoms with Crippen molar-refractivity contribution < 1.29 is 13.9 Å². The molecule has 3 atom stereocenters. The molecule has 1 aliphatic carbocycles. The summed E-state index contributed by atoms with van der Waals surface area (Å²) in [5.74, 6) is 1.13. The number of nitrogens with two attached hydrogens (primary N) is 1. The molecule has 6 heteroatoms. The van der Waals surface area contributed by atoms with Crippen LogP contribution in [0.15, 0.2) is 52.9 Å². The number of oxazole rings is 1. The van der Waals surface area contributed by atoms with Gasteiger partial charge in [-0.25, -0.2) is 4.98 Å². The molecule has 0 bridgehead atoms. The first kappa shape index (κ1) is 20.8. The van der Waals surface area contributed by atoms with Crippen LogP contribution in [-0.2, 0) is 16.1 Å². The highest BCUT2D eigenvalue weighted by Gasteiger charge is 2.34. The molecule has 4 rings (SSSR count). The lowest BCUT2D eigenvalue weighted by Crippen LogP contribution is -2.35. The van der Waals surface area contributed by atoms with Crippen LogP contribution < -0.4 is 5.73 Å². The van der Waals surface area contributed by atoms with Gasteiger partial charge in [0.05, 0.1) is 12.7 Å². The third-order valence-electron chi connectivity index (χ3n) is 5.39. The van der Waals surface area contributed by atoms with Crippen LogP contribution in [0.3, 0.4) is 0 Å². The quantitative estimate of drug-likeness (QED) is 0.626. The molecule has 3 aromatic rings. The van der Waals surface area contributed by atoms with Crippen LogP contribution in [-0.4, -0.2) is 30.8 Å². The van der Waals surface area contributed by atoms with Gasteiger partial charge in [0, 0.05) is 25.3 Å². The van der Waals surface area contributed by atoms with E-state index in [2.05, 4.69) is 17.1 Å². The van der Waals surface area contributed by atoms with Crippen molar-refractivity contribution in [2.45, 2.75) is 38.0 Å². The van der Waals surface area contributed by atoms with E-state index in [0.717, 1.165) is 48.1 Å². The summed E-state index contributed by atoms with van der Waals surface area (Å²) in [6.45, 7) is 1.33. The van der Waals surface area contributed by atoms with E-state index in [-0.39, 0.29) is 24.6 Å². The van der Waals surface area contributed by atoms with Gasteiger partial charge in [-0.1, -0.05) is 24.3 Å². The van der Waals surface area contributed by atoms with E-state index in [1.165, 1.54) is 0 Å². The van der Waals surface area contributed by atoms with Gasteiger partial charge >= 0.3 is 0 Å². The summed E-state index contributed by atoms with van der Waals surface area (Å²) in [6.07, 6.45) is 3.25. The molecule has 0 unspecified atom stereocenters. The molecule has 1 aromatic heterocycles. The van der Waals surface area contributed by atoms with Crippen molar-refractivity contribution in [2.24, 2.45) is 11.7 Å². The molecule has 1 aliphatic rings. The molecule has 5 nitrogen and oxygen atoms in total. The minimum Gasteiger partial charge on any atom is -0.436 e. The SMILES string of the molecule is COCC[C@@H]1CC[C@@H](N)[C@@H]1OCc1ccc(-c2nc3ccccc3o2)cc1.Cl. The molecule has 2 N–H and O–H groups in total. The van der Waals surface area contributed by atoms with E-state index >= 15 is 0 Å². The van der Waals surface area contributed by atoms with Gasteiger partial charge in [-0.2, -0.15) is 0 Å². The molecule has 0 radical (unpaired) electrons. The second kappa shape index (κ2) is 9.52. The highest BCUT2D eigenvalue weighted by molar-refractivity contribution is 5.85. The average Bonchev–Trinajstić information content (AvgIpc) is 3.28. The van der Waals surface area contributed by atoms with Gasteiger partial charge < -0.3 is 19.6 Å².